The summed E-state index contributed by atoms with van der Waals surface area (Å²) >= 11 is 0. The third-order valence-electron chi connectivity index (χ3n) is 4.16. The van der Waals surface area contributed by atoms with Crippen molar-refractivity contribution in [1.29, 1.82) is 0 Å². The lowest BCUT2D eigenvalue weighted by Gasteiger charge is -2.23. The van der Waals surface area contributed by atoms with E-state index in [0.717, 1.165) is 18.9 Å². The van der Waals surface area contributed by atoms with Gasteiger partial charge in [-0.25, -0.2) is 0 Å². The Bertz CT molecular complexity index is 321. The van der Waals surface area contributed by atoms with E-state index < -0.39 is 0 Å². The summed E-state index contributed by atoms with van der Waals surface area (Å²) in [4.78, 5) is 0. The van der Waals surface area contributed by atoms with Crippen LogP contribution in [0.5, 0.6) is 0 Å². The first-order chi connectivity index (χ1) is 8.39. The van der Waals surface area contributed by atoms with E-state index in [2.05, 4.69) is 32.5 Å². The highest BCUT2D eigenvalue weighted by Crippen LogP contribution is 2.38. The fourth-order valence-corrected chi connectivity index (χ4v) is 2.83. The van der Waals surface area contributed by atoms with Crippen molar-refractivity contribution in [2.75, 3.05) is 19.6 Å². The molecule has 1 saturated carbocycles. The molecule has 5 heteroatoms. The molecular formula is C12H21N5. The lowest BCUT2D eigenvalue weighted by Crippen LogP contribution is -2.37. The van der Waals surface area contributed by atoms with Gasteiger partial charge in [0.15, 0.2) is 0 Å². The van der Waals surface area contributed by atoms with E-state index in [1.807, 2.05) is 0 Å². The maximum Gasteiger partial charge on any atom is 0.0932 e. The van der Waals surface area contributed by atoms with E-state index in [1.165, 1.54) is 32.4 Å². The predicted octanol–water partition coefficient (Wildman–Crippen LogP) is 0.961. The summed E-state index contributed by atoms with van der Waals surface area (Å²) in [6, 6.07) is 0.541. The van der Waals surface area contributed by atoms with Gasteiger partial charge < -0.3 is 10.6 Å². The van der Waals surface area contributed by atoms with Crippen LogP contribution in [0.3, 0.4) is 0 Å². The summed E-state index contributed by atoms with van der Waals surface area (Å²) in [6.45, 7) is 3.52. The molecule has 1 saturated heterocycles. The summed E-state index contributed by atoms with van der Waals surface area (Å²) in [7, 11) is 0. The number of nitrogens with one attached hydrogen (secondary N) is 3. The van der Waals surface area contributed by atoms with Crippen LogP contribution < -0.4 is 16.1 Å². The highest BCUT2D eigenvalue weighted by Gasteiger charge is 2.53. The number of rotatable bonds is 4. The zero-order valence-corrected chi connectivity index (χ0v) is 10.2. The van der Waals surface area contributed by atoms with Crippen molar-refractivity contribution in [3.63, 3.8) is 0 Å². The molecule has 0 aromatic rings. The Kier molecular flexibility index (Phi) is 3.11. The van der Waals surface area contributed by atoms with Crippen molar-refractivity contribution in [2.45, 2.75) is 37.3 Å². The minimum absolute atomic E-state index is 0.0792. The minimum atomic E-state index is 0.0792. The van der Waals surface area contributed by atoms with Crippen LogP contribution in [0.15, 0.2) is 22.6 Å². The third kappa shape index (κ3) is 2.50. The molecule has 0 radical (unpaired) electrons. The van der Waals surface area contributed by atoms with E-state index in [-0.39, 0.29) is 5.54 Å². The van der Waals surface area contributed by atoms with Crippen LogP contribution in [0.25, 0.3) is 0 Å². The minimum Gasteiger partial charge on any atom is -0.317 e. The normalized spacial score (nSPS) is 36.1. The molecular weight excluding hydrogens is 214 g/mol. The van der Waals surface area contributed by atoms with Crippen molar-refractivity contribution in [2.24, 2.45) is 16.3 Å². The Hall–Kier alpha value is -0.940. The SMILES string of the molecule is C1=C[C@]2(C[C@H]2NCCC2CCNCC2)NN=N1. The van der Waals surface area contributed by atoms with Crippen LogP contribution in [0.4, 0.5) is 0 Å². The molecule has 0 bridgehead atoms. The lowest BCUT2D eigenvalue weighted by atomic mass is 9.95. The van der Waals surface area contributed by atoms with Crippen LogP contribution in [-0.2, 0) is 0 Å². The molecule has 0 amide bonds. The molecule has 0 aromatic carbocycles. The van der Waals surface area contributed by atoms with Gasteiger partial charge in [0, 0.05) is 12.2 Å². The molecule has 3 N–H and O–H groups in total. The summed E-state index contributed by atoms with van der Waals surface area (Å²) in [5.74, 6) is 0.910. The average Bonchev–Trinajstić information content (AvgIpc) is 3.04. The Morgan fingerprint density at radius 3 is 3.00 bits per heavy atom. The number of piperidine rings is 1. The zero-order chi connectivity index (χ0) is 11.6. The number of hydrogen-bond donors (Lipinski definition) is 3. The fourth-order valence-electron chi connectivity index (χ4n) is 2.83. The lowest BCUT2D eigenvalue weighted by molar-refractivity contribution is 0.346. The van der Waals surface area contributed by atoms with E-state index in [4.69, 9.17) is 0 Å². The monoisotopic (exact) mass is 235 g/mol. The first kappa shape index (κ1) is 11.2. The van der Waals surface area contributed by atoms with Gasteiger partial charge in [-0.15, -0.1) is 5.11 Å². The average molecular weight is 235 g/mol. The summed E-state index contributed by atoms with van der Waals surface area (Å²) in [5, 5.41) is 14.7. The molecule has 2 aliphatic heterocycles. The van der Waals surface area contributed by atoms with E-state index in [1.54, 1.807) is 6.20 Å². The van der Waals surface area contributed by atoms with Crippen molar-refractivity contribution < 1.29 is 0 Å². The van der Waals surface area contributed by atoms with Gasteiger partial charge >= 0.3 is 0 Å². The van der Waals surface area contributed by atoms with Gasteiger partial charge in [-0.3, -0.25) is 5.43 Å². The molecule has 2 fully saturated rings. The van der Waals surface area contributed by atoms with Gasteiger partial charge in [-0.05, 0) is 57.3 Å². The van der Waals surface area contributed by atoms with Crippen molar-refractivity contribution in [1.82, 2.24) is 16.1 Å². The fraction of sp³-hybridized carbons (Fsp3) is 0.833. The van der Waals surface area contributed by atoms with Crippen LogP contribution >= 0.6 is 0 Å². The summed E-state index contributed by atoms with van der Waals surface area (Å²) in [5.41, 5.74) is 3.19. The van der Waals surface area contributed by atoms with Crippen LogP contribution in [0.1, 0.15) is 25.7 Å². The smallest absolute Gasteiger partial charge is 0.0932 e. The number of hydrogen-bond acceptors (Lipinski definition) is 5. The van der Waals surface area contributed by atoms with Gasteiger partial charge in [-0.1, -0.05) is 5.22 Å². The topological polar surface area (TPSA) is 60.8 Å². The van der Waals surface area contributed by atoms with Gasteiger partial charge in [0.25, 0.3) is 0 Å². The Morgan fingerprint density at radius 2 is 2.24 bits per heavy atom. The molecule has 17 heavy (non-hydrogen) atoms. The Balaban J connectivity index is 1.36. The van der Waals surface area contributed by atoms with Crippen LogP contribution in [0, 0.1) is 5.92 Å². The molecule has 94 valence electrons. The molecule has 1 spiro atoms. The van der Waals surface area contributed by atoms with Crippen molar-refractivity contribution in [3.8, 4) is 0 Å². The second-order valence-corrected chi connectivity index (χ2v) is 5.38. The van der Waals surface area contributed by atoms with Gasteiger partial charge in [0.1, 0.15) is 0 Å². The molecule has 0 unspecified atom stereocenters. The predicted molar refractivity (Wildman–Crippen MR) is 66.5 cm³/mol. The van der Waals surface area contributed by atoms with Gasteiger partial charge in [-0.2, -0.15) is 0 Å². The molecule has 3 aliphatic rings. The first-order valence-corrected chi connectivity index (χ1v) is 6.68. The second-order valence-electron chi connectivity index (χ2n) is 5.38. The molecule has 5 nitrogen and oxygen atoms in total. The standard InChI is InChI=1S/C12H21N5/c1-5-13-6-2-10(1)3-7-14-11-9-12(11)4-8-15-17-16-12/h4,8,10-11,13-14H,1-3,5-7,9H2,(H,15,16)/t11-,12-/m1/s1. The van der Waals surface area contributed by atoms with E-state index in [9.17, 15) is 0 Å². The molecule has 3 rings (SSSR count). The molecule has 0 aromatic heterocycles. The second kappa shape index (κ2) is 4.74. The summed E-state index contributed by atoms with van der Waals surface area (Å²) in [6.07, 6.45) is 9.04. The van der Waals surface area contributed by atoms with Gasteiger partial charge in [0.2, 0.25) is 0 Å². The highest BCUT2D eigenvalue weighted by molar-refractivity contribution is 5.26. The maximum atomic E-state index is 3.88. The first-order valence-electron chi connectivity index (χ1n) is 6.68. The zero-order valence-electron chi connectivity index (χ0n) is 10.2. The number of nitrogens with zero attached hydrogens (tertiary/aromatic N) is 2. The molecule has 1 aliphatic carbocycles. The molecule has 2 heterocycles. The molecule has 2 atom stereocenters. The highest BCUT2D eigenvalue weighted by atomic mass is 15.5. The largest absolute Gasteiger partial charge is 0.317 e. The van der Waals surface area contributed by atoms with E-state index >= 15 is 0 Å². The van der Waals surface area contributed by atoms with Crippen LogP contribution in [-0.4, -0.2) is 31.2 Å². The summed E-state index contributed by atoms with van der Waals surface area (Å²) < 4.78 is 0. The quantitative estimate of drug-likeness (QED) is 0.680. The van der Waals surface area contributed by atoms with Crippen molar-refractivity contribution in [3.05, 3.63) is 12.3 Å². The van der Waals surface area contributed by atoms with Crippen molar-refractivity contribution >= 4 is 0 Å². The maximum absolute atomic E-state index is 3.88. The Morgan fingerprint density at radius 1 is 1.35 bits per heavy atom. The van der Waals surface area contributed by atoms with E-state index in [0.29, 0.717) is 6.04 Å². The third-order valence-corrected chi connectivity index (χ3v) is 4.16. The van der Waals surface area contributed by atoms with Crippen LogP contribution in [0.2, 0.25) is 0 Å². The Labute approximate surface area is 102 Å². The van der Waals surface area contributed by atoms with Gasteiger partial charge in [0.05, 0.1) is 5.54 Å².